The predicted molar refractivity (Wildman–Crippen MR) is 107 cm³/mol. The van der Waals surface area contributed by atoms with Crippen LogP contribution in [0.25, 0.3) is 0 Å². The highest BCUT2D eigenvalue weighted by Gasteiger charge is 2.43. The second kappa shape index (κ2) is 8.25. The Hall–Kier alpha value is -2.82. The van der Waals surface area contributed by atoms with E-state index in [-0.39, 0.29) is 11.8 Å². The number of rotatable bonds is 5. The van der Waals surface area contributed by atoms with Gasteiger partial charge in [0, 0.05) is 32.9 Å². The van der Waals surface area contributed by atoms with E-state index in [1.807, 2.05) is 65.6 Å². The maximum absolute atomic E-state index is 13.0. The van der Waals surface area contributed by atoms with E-state index in [1.54, 1.807) is 19.0 Å². The Kier molecular flexibility index (Phi) is 5.79. The molecule has 0 spiro atoms. The maximum atomic E-state index is 13.0. The molecule has 5 heteroatoms. The average Bonchev–Trinajstić information content (AvgIpc) is 2.69. The van der Waals surface area contributed by atoms with Crippen molar-refractivity contribution in [2.75, 3.05) is 32.5 Å². The molecule has 1 N–H and O–H groups in total. The molecule has 2 aromatic rings. The minimum atomic E-state index is -0.672. The highest BCUT2D eigenvalue weighted by Crippen LogP contribution is 2.29. The van der Waals surface area contributed by atoms with Gasteiger partial charge in [0.15, 0.2) is 0 Å². The van der Waals surface area contributed by atoms with Crippen LogP contribution in [0.2, 0.25) is 0 Å². The molecule has 142 valence electrons. The van der Waals surface area contributed by atoms with Gasteiger partial charge in [-0.1, -0.05) is 48.5 Å². The minimum absolute atomic E-state index is 0.0570. The fourth-order valence-electron chi connectivity index (χ4n) is 3.64. The molecule has 0 bridgehead atoms. The highest BCUT2D eigenvalue weighted by atomic mass is 16.2. The predicted octanol–water partition coefficient (Wildman–Crippen LogP) is 2.79. The molecular formula is C22H27N3O2. The second-order valence-electron chi connectivity index (χ2n) is 7.32. The van der Waals surface area contributed by atoms with Crippen molar-refractivity contribution in [3.05, 3.63) is 66.2 Å². The topological polar surface area (TPSA) is 52.7 Å². The number of anilines is 1. The number of hydrogen-bond acceptors (Lipinski definition) is 3. The Morgan fingerprint density at radius 1 is 0.963 bits per heavy atom. The third-order valence-corrected chi connectivity index (χ3v) is 5.14. The van der Waals surface area contributed by atoms with Crippen LogP contribution in [0.5, 0.6) is 0 Å². The van der Waals surface area contributed by atoms with Gasteiger partial charge in [-0.2, -0.15) is 0 Å². The molecule has 0 atom stereocenters. The lowest BCUT2D eigenvalue weighted by atomic mass is 9.85. The molecular weight excluding hydrogens is 338 g/mol. The van der Waals surface area contributed by atoms with Gasteiger partial charge >= 0.3 is 0 Å². The van der Waals surface area contributed by atoms with E-state index in [1.165, 1.54) is 0 Å². The second-order valence-corrected chi connectivity index (χ2v) is 7.32. The molecule has 1 heterocycles. The molecule has 1 aliphatic rings. The van der Waals surface area contributed by atoms with Crippen molar-refractivity contribution in [2.24, 2.45) is 0 Å². The van der Waals surface area contributed by atoms with E-state index in [0.29, 0.717) is 32.4 Å². The number of amides is 2. The van der Waals surface area contributed by atoms with Crippen molar-refractivity contribution in [3.63, 3.8) is 0 Å². The van der Waals surface area contributed by atoms with Crippen molar-refractivity contribution >= 4 is 17.5 Å². The summed E-state index contributed by atoms with van der Waals surface area (Å²) in [6.07, 6.45) is 1.60. The Labute approximate surface area is 161 Å². The fraction of sp³-hybridized carbons (Fsp3) is 0.364. The number of likely N-dealkylation sites (N-methyl/N-ethyl adjacent to an activating group) is 1. The van der Waals surface area contributed by atoms with Gasteiger partial charge in [0.25, 0.3) is 0 Å². The normalized spacial score (nSPS) is 15.9. The summed E-state index contributed by atoms with van der Waals surface area (Å²) in [6, 6.07) is 19.6. The molecule has 5 nitrogen and oxygen atoms in total. The van der Waals surface area contributed by atoms with E-state index in [9.17, 15) is 9.59 Å². The third kappa shape index (κ3) is 4.48. The van der Waals surface area contributed by atoms with Gasteiger partial charge in [-0.3, -0.25) is 9.59 Å². The van der Waals surface area contributed by atoms with Gasteiger partial charge < -0.3 is 15.1 Å². The Morgan fingerprint density at radius 3 is 2.07 bits per heavy atom. The third-order valence-electron chi connectivity index (χ3n) is 5.14. The molecule has 0 unspecified atom stereocenters. The van der Waals surface area contributed by atoms with Gasteiger partial charge in [-0.05, 0) is 30.5 Å². The molecule has 0 radical (unpaired) electrons. The summed E-state index contributed by atoms with van der Waals surface area (Å²) in [5, 5.41) is 3.46. The first-order valence-corrected chi connectivity index (χ1v) is 9.37. The molecule has 1 saturated heterocycles. The van der Waals surface area contributed by atoms with Crippen molar-refractivity contribution < 1.29 is 9.59 Å². The van der Waals surface area contributed by atoms with Crippen molar-refractivity contribution in [2.45, 2.75) is 24.8 Å². The molecule has 3 rings (SSSR count). The largest absolute Gasteiger partial charge is 0.371 e. The molecule has 1 aliphatic heterocycles. The summed E-state index contributed by atoms with van der Waals surface area (Å²) in [4.78, 5) is 29.1. The van der Waals surface area contributed by atoms with E-state index in [2.05, 4.69) is 5.32 Å². The number of benzene rings is 2. The summed E-state index contributed by atoms with van der Waals surface area (Å²) in [5.41, 5.74) is 1.27. The Morgan fingerprint density at radius 2 is 1.52 bits per heavy atom. The number of nitrogens with zero attached hydrogens (tertiary/aromatic N) is 2. The number of nitrogens with one attached hydrogen (secondary N) is 1. The molecule has 2 amide bonds. The molecule has 27 heavy (non-hydrogen) atoms. The van der Waals surface area contributed by atoms with Crippen molar-refractivity contribution in [1.82, 2.24) is 9.80 Å². The van der Waals surface area contributed by atoms with Crippen LogP contribution < -0.4 is 5.32 Å². The Balaban J connectivity index is 1.69. The number of carbonyl (C=O) groups is 2. The SMILES string of the molecule is CN(C)C(=O)C1(Nc2ccccc2)CCN(C(=O)Cc2ccccc2)CC1. The van der Waals surface area contributed by atoms with Crippen LogP contribution >= 0.6 is 0 Å². The minimum Gasteiger partial charge on any atom is -0.371 e. The van der Waals surface area contributed by atoms with E-state index >= 15 is 0 Å². The lowest BCUT2D eigenvalue weighted by molar-refractivity contribution is -0.139. The van der Waals surface area contributed by atoms with Crippen molar-refractivity contribution in [3.8, 4) is 0 Å². The number of piperidine rings is 1. The van der Waals surface area contributed by atoms with E-state index in [4.69, 9.17) is 0 Å². The van der Waals surface area contributed by atoms with Crippen LogP contribution in [0.1, 0.15) is 18.4 Å². The van der Waals surface area contributed by atoms with Crippen LogP contribution in [-0.2, 0) is 16.0 Å². The van der Waals surface area contributed by atoms with Gasteiger partial charge in [0.05, 0.1) is 6.42 Å². The average molecular weight is 365 g/mol. The van der Waals surface area contributed by atoms with E-state index < -0.39 is 5.54 Å². The fourth-order valence-corrected chi connectivity index (χ4v) is 3.64. The number of carbonyl (C=O) groups excluding carboxylic acids is 2. The first-order valence-electron chi connectivity index (χ1n) is 9.37. The van der Waals surface area contributed by atoms with Gasteiger partial charge in [-0.15, -0.1) is 0 Å². The molecule has 0 aliphatic carbocycles. The molecule has 0 aromatic heterocycles. The number of likely N-dealkylation sites (tertiary alicyclic amines) is 1. The van der Waals surface area contributed by atoms with Gasteiger partial charge in [-0.25, -0.2) is 0 Å². The smallest absolute Gasteiger partial charge is 0.247 e. The zero-order valence-corrected chi connectivity index (χ0v) is 16.0. The zero-order valence-electron chi connectivity index (χ0n) is 16.0. The maximum Gasteiger partial charge on any atom is 0.247 e. The zero-order chi connectivity index (χ0) is 19.3. The van der Waals surface area contributed by atoms with Crippen LogP contribution in [0, 0.1) is 0 Å². The molecule has 0 saturated carbocycles. The first kappa shape index (κ1) is 19.0. The summed E-state index contributed by atoms with van der Waals surface area (Å²) >= 11 is 0. The molecule has 1 fully saturated rings. The van der Waals surface area contributed by atoms with Crippen LogP contribution in [0.15, 0.2) is 60.7 Å². The summed E-state index contributed by atoms with van der Waals surface area (Å²) < 4.78 is 0. The quantitative estimate of drug-likeness (QED) is 0.886. The van der Waals surface area contributed by atoms with Crippen LogP contribution in [-0.4, -0.2) is 54.3 Å². The lowest BCUT2D eigenvalue weighted by Crippen LogP contribution is -2.58. The van der Waals surface area contributed by atoms with Gasteiger partial charge in [0.2, 0.25) is 11.8 Å². The monoisotopic (exact) mass is 365 g/mol. The lowest BCUT2D eigenvalue weighted by Gasteiger charge is -2.43. The van der Waals surface area contributed by atoms with Crippen LogP contribution in [0.3, 0.4) is 0 Å². The standard InChI is InChI=1S/C22H27N3O2/c1-24(2)21(27)22(23-19-11-7-4-8-12-19)13-15-25(16-14-22)20(26)17-18-9-5-3-6-10-18/h3-12,23H,13-17H2,1-2H3. The van der Waals surface area contributed by atoms with Crippen molar-refractivity contribution in [1.29, 1.82) is 0 Å². The Bertz CT molecular complexity index is 767. The highest BCUT2D eigenvalue weighted by molar-refractivity contribution is 5.90. The van der Waals surface area contributed by atoms with E-state index in [0.717, 1.165) is 11.3 Å². The van der Waals surface area contributed by atoms with Crippen LogP contribution in [0.4, 0.5) is 5.69 Å². The van der Waals surface area contributed by atoms with Gasteiger partial charge in [0.1, 0.15) is 5.54 Å². The molecule has 2 aromatic carbocycles. The number of hydrogen-bond donors (Lipinski definition) is 1. The number of para-hydroxylation sites is 1. The summed E-state index contributed by atoms with van der Waals surface area (Å²) in [6.45, 7) is 1.15. The summed E-state index contributed by atoms with van der Waals surface area (Å²) in [5.74, 6) is 0.174. The summed E-state index contributed by atoms with van der Waals surface area (Å²) in [7, 11) is 3.56. The first-order chi connectivity index (χ1) is 13.0.